The van der Waals surface area contributed by atoms with Crippen LogP contribution in [0.2, 0.25) is 5.02 Å². The van der Waals surface area contributed by atoms with Crippen molar-refractivity contribution in [2.45, 2.75) is 9.79 Å². The van der Waals surface area contributed by atoms with Crippen LogP contribution < -0.4 is 0 Å². The predicted molar refractivity (Wildman–Crippen MR) is 69.6 cm³/mol. The van der Waals surface area contributed by atoms with Gasteiger partial charge >= 0.3 is 0 Å². The van der Waals surface area contributed by atoms with Crippen LogP contribution in [-0.2, 0) is 0 Å². The van der Waals surface area contributed by atoms with Gasteiger partial charge in [-0.1, -0.05) is 23.4 Å². The van der Waals surface area contributed by atoms with E-state index < -0.39 is 5.82 Å². The van der Waals surface area contributed by atoms with Crippen molar-refractivity contribution >= 4 is 39.3 Å². The molecule has 2 aromatic rings. The van der Waals surface area contributed by atoms with E-state index in [2.05, 4.69) is 15.9 Å². The van der Waals surface area contributed by atoms with Gasteiger partial charge in [0.2, 0.25) is 0 Å². The summed E-state index contributed by atoms with van der Waals surface area (Å²) in [6.45, 7) is 0. The molecule has 0 aromatic heterocycles. The molecule has 2 rings (SSSR count). The lowest BCUT2D eigenvalue weighted by molar-refractivity contribution is 0.602. The van der Waals surface area contributed by atoms with Crippen molar-refractivity contribution in [1.82, 2.24) is 0 Å². The van der Waals surface area contributed by atoms with Gasteiger partial charge in [-0.3, -0.25) is 0 Å². The second-order valence-electron chi connectivity index (χ2n) is 3.25. The van der Waals surface area contributed by atoms with Gasteiger partial charge in [0.15, 0.2) is 0 Å². The molecule has 0 fully saturated rings. The molecule has 0 nitrogen and oxygen atoms in total. The monoisotopic (exact) mass is 334 g/mol. The van der Waals surface area contributed by atoms with Gasteiger partial charge in [0.05, 0.1) is 0 Å². The summed E-state index contributed by atoms with van der Waals surface area (Å²) in [5.74, 6) is -0.725. The lowest BCUT2D eigenvalue weighted by atomic mass is 10.3. The average molecular weight is 336 g/mol. The zero-order chi connectivity index (χ0) is 12.4. The molecule has 0 radical (unpaired) electrons. The highest BCUT2D eigenvalue weighted by Crippen LogP contribution is 2.35. The molecule has 0 bridgehead atoms. The third-order valence-corrected chi connectivity index (χ3v) is 4.29. The average Bonchev–Trinajstić information content (AvgIpc) is 2.25. The largest absolute Gasteiger partial charge is 0.207 e. The van der Waals surface area contributed by atoms with E-state index in [0.717, 1.165) is 4.90 Å². The van der Waals surface area contributed by atoms with Crippen molar-refractivity contribution in [3.63, 3.8) is 0 Å². The summed E-state index contributed by atoms with van der Waals surface area (Å²) in [6.07, 6.45) is 0. The number of hydrogen-bond donors (Lipinski definition) is 0. The maximum atomic E-state index is 13.6. The fourth-order valence-corrected chi connectivity index (χ4v) is 2.81. The van der Waals surface area contributed by atoms with Crippen LogP contribution in [0, 0.1) is 11.6 Å². The molecular formula is C12H6BrClF2S. The van der Waals surface area contributed by atoms with Crippen LogP contribution in [0.15, 0.2) is 50.7 Å². The van der Waals surface area contributed by atoms with E-state index in [4.69, 9.17) is 11.6 Å². The molecule has 0 N–H and O–H groups in total. The van der Waals surface area contributed by atoms with Gasteiger partial charge in [0, 0.05) is 19.3 Å². The topological polar surface area (TPSA) is 0 Å². The molecule has 0 atom stereocenters. The minimum Gasteiger partial charge on any atom is -0.207 e. The van der Waals surface area contributed by atoms with E-state index in [0.29, 0.717) is 14.4 Å². The van der Waals surface area contributed by atoms with Crippen molar-refractivity contribution < 1.29 is 8.78 Å². The molecule has 2 aromatic carbocycles. The van der Waals surface area contributed by atoms with Gasteiger partial charge in [0.25, 0.3) is 0 Å². The SMILES string of the molecule is Fc1ccc(Sc2ccc(Cl)cc2F)c(Br)c1. The first-order valence-electron chi connectivity index (χ1n) is 4.64. The van der Waals surface area contributed by atoms with Crippen LogP contribution >= 0.6 is 39.3 Å². The molecule has 0 amide bonds. The number of halogens is 4. The standard InChI is InChI=1S/C12H6BrClF2S/c13-9-6-8(15)2-4-11(9)17-12-3-1-7(14)5-10(12)16/h1-6H. The van der Waals surface area contributed by atoms with Gasteiger partial charge in [-0.05, 0) is 52.3 Å². The Labute approximate surface area is 115 Å². The number of rotatable bonds is 2. The molecule has 17 heavy (non-hydrogen) atoms. The Morgan fingerprint density at radius 3 is 2.35 bits per heavy atom. The molecule has 0 aliphatic heterocycles. The molecule has 5 heteroatoms. The van der Waals surface area contributed by atoms with E-state index in [-0.39, 0.29) is 5.82 Å². The highest BCUT2D eigenvalue weighted by Gasteiger charge is 2.08. The number of benzene rings is 2. The van der Waals surface area contributed by atoms with Gasteiger partial charge in [0.1, 0.15) is 11.6 Å². The summed E-state index contributed by atoms with van der Waals surface area (Å²) >= 11 is 10.1. The number of hydrogen-bond acceptors (Lipinski definition) is 1. The molecule has 0 heterocycles. The van der Waals surface area contributed by atoms with Crippen molar-refractivity contribution in [1.29, 1.82) is 0 Å². The molecule has 0 unspecified atom stereocenters. The van der Waals surface area contributed by atoms with Gasteiger partial charge in [-0.15, -0.1) is 0 Å². The van der Waals surface area contributed by atoms with Gasteiger partial charge in [-0.2, -0.15) is 0 Å². The first-order chi connectivity index (χ1) is 8.06. The van der Waals surface area contributed by atoms with Crippen LogP contribution in [0.1, 0.15) is 0 Å². The van der Waals surface area contributed by atoms with Crippen molar-refractivity contribution in [2.75, 3.05) is 0 Å². The lowest BCUT2D eigenvalue weighted by Crippen LogP contribution is -1.83. The van der Waals surface area contributed by atoms with E-state index in [9.17, 15) is 8.78 Å². The van der Waals surface area contributed by atoms with E-state index >= 15 is 0 Å². The Morgan fingerprint density at radius 1 is 1.00 bits per heavy atom. The Bertz CT molecular complexity index is 511. The van der Waals surface area contributed by atoms with Crippen LogP contribution in [-0.4, -0.2) is 0 Å². The summed E-state index contributed by atoms with van der Waals surface area (Å²) in [4.78, 5) is 1.19. The summed E-state index contributed by atoms with van der Waals surface area (Å²) in [6, 6.07) is 8.74. The normalized spacial score (nSPS) is 10.6. The third-order valence-electron chi connectivity index (χ3n) is 2.01. The minimum absolute atomic E-state index is 0.335. The zero-order valence-electron chi connectivity index (χ0n) is 8.38. The van der Waals surface area contributed by atoms with Crippen molar-refractivity contribution in [2.24, 2.45) is 0 Å². The Kier molecular flexibility index (Phi) is 4.07. The highest BCUT2D eigenvalue weighted by atomic mass is 79.9. The smallest absolute Gasteiger partial charge is 0.138 e. The Morgan fingerprint density at radius 2 is 1.71 bits per heavy atom. The van der Waals surface area contributed by atoms with Gasteiger partial charge < -0.3 is 0 Å². The minimum atomic E-state index is -0.390. The fourth-order valence-electron chi connectivity index (χ4n) is 1.23. The molecule has 0 aliphatic rings. The molecular weight excluding hydrogens is 330 g/mol. The quantitative estimate of drug-likeness (QED) is 0.695. The van der Waals surface area contributed by atoms with E-state index in [1.54, 1.807) is 18.2 Å². The van der Waals surface area contributed by atoms with E-state index in [1.165, 1.54) is 30.0 Å². The van der Waals surface area contributed by atoms with Crippen molar-refractivity contribution in [3.05, 3.63) is 57.5 Å². The first kappa shape index (κ1) is 12.9. The lowest BCUT2D eigenvalue weighted by Gasteiger charge is -2.05. The molecule has 88 valence electrons. The van der Waals surface area contributed by atoms with Crippen molar-refractivity contribution in [3.8, 4) is 0 Å². The Hall–Kier alpha value is -0.580. The maximum absolute atomic E-state index is 13.6. The Balaban J connectivity index is 2.31. The summed E-state index contributed by atoms with van der Waals surface area (Å²) in [7, 11) is 0. The second-order valence-corrected chi connectivity index (χ2v) is 5.63. The summed E-state index contributed by atoms with van der Waals surface area (Å²) in [5.41, 5.74) is 0. The predicted octanol–water partition coefficient (Wildman–Crippen LogP) is 5.53. The van der Waals surface area contributed by atoms with Crippen LogP contribution in [0.25, 0.3) is 0 Å². The summed E-state index contributed by atoms with van der Waals surface area (Å²) < 4.78 is 27.0. The van der Waals surface area contributed by atoms with Gasteiger partial charge in [-0.25, -0.2) is 8.78 Å². The third kappa shape index (κ3) is 3.21. The summed E-state index contributed by atoms with van der Waals surface area (Å²) in [5, 5.41) is 0.352. The first-order valence-corrected chi connectivity index (χ1v) is 6.63. The molecule has 0 saturated heterocycles. The molecule has 0 aliphatic carbocycles. The van der Waals surface area contributed by atoms with E-state index in [1.807, 2.05) is 0 Å². The van der Waals surface area contributed by atoms with Crippen LogP contribution in [0.5, 0.6) is 0 Å². The molecule has 0 spiro atoms. The highest BCUT2D eigenvalue weighted by molar-refractivity contribution is 9.10. The fraction of sp³-hybridized carbons (Fsp3) is 0. The van der Waals surface area contributed by atoms with Crippen LogP contribution in [0.4, 0.5) is 8.78 Å². The maximum Gasteiger partial charge on any atom is 0.138 e. The zero-order valence-corrected chi connectivity index (χ0v) is 11.5. The van der Waals surface area contributed by atoms with Crippen LogP contribution in [0.3, 0.4) is 0 Å². The second kappa shape index (κ2) is 5.38. The molecule has 0 saturated carbocycles.